The van der Waals surface area contributed by atoms with E-state index in [0.717, 1.165) is 0 Å². The SMILES string of the molecule is O.O=[P+](O)O.[Ca+2].[Fe].[H-].[H-]. The molecule has 0 amide bonds. The molecule has 0 fully saturated rings. The third-order valence-corrected chi connectivity index (χ3v) is 0. The van der Waals surface area contributed by atoms with Crippen LogP contribution in [0.4, 0.5) is 0 Å². The molecule has 0 rings (SSSR count). The quantitative estimate of drug-likeness (QED) is 0.371. The smallest absolute Gasteiger partial charge is 1.00 e. The summed E-state index contributed by atoms with van der Waals surface area (Å²) in [6, 6.07) is 0. The summed E-state index contributed by atoms with van der Waals surface area (Å²) in [5.41, 5.74) is 0. The van der Waals surface area contributed by atoms with Gasteiger partial charge < -0.3 is 8.33 Å². The molecule has 0 aliphatic heterocycles. The topological polar surface area (TPSA) is 89.0 Å². The Bertz CT molecular complexity index is 41.5. The van der Waals surface area contributed by atoms with Crippen molar-refractivity contribution in [2.75, 3.05) is 0 Å². The Labute approximate surface area is 85.0 Å². The summed E-state index contributed by atoms with van der Waals surface area (Å²) in [6.07, 6.45) is 0. The van der Waals surface area contributed by atoms with Crippen molar-refractivity contribution in [3.63, 3.8) is 0 Å². The second-order valence-electron chi connectivity index (χ2n) is 0.253. The van der Waals surface area contributed by atoms with Gasteiger partial charge in [-0.1, -0.05) is 0 Å². The fraction of sp³-hybridized carbons (Fsp3) is 0. The van der Waals surface area contributed by atoms with Crippen LogP contribution < -0.4 is 0 Å². The summed E-state index contributed by atoms with van der Waals surface area (Å²) in [6.45, 7) is 0. The van der Waals surface area contributed by atoms with E-state index in [-0.39, 0.29) is 63.1 Å². The fourth-order valence-corrected chi connectivity index (χ4v) is 0. The van der Waals surface area contributed by atoms with E-state index in [1.54, 1.807) is 0 Å². The number of hydrogen-bond donors (Lipinski definition) is 2. The van der Waals surface area contributed by atoms with Crippen LogP contribution in [0.2, 0.25) is 0 Å². The molecule has 4 N–H and O–H groups in total. The average Bonchev–Trinajstić information content (AvgIpc) is 0.811. The first-order chi connectivity index (χ1) is 1.73. The Morgan fingerprint density at radius 3 is 1.43 bits per heavy atom. The molecule has 0 aromatic carbocycles. The van der Waals surface area contributed by atoms with Crippen molar-refractivity contribution < 1.29 is 39.8 Å². The van der Waals surface area contributed by atoms with Crippen LogP contribution in [0.5, 0.6) is 0 Å². The van der Waals surface area contributed by atoms with Crippen molar-refractivity contribution in [2.45, 2.75) is 0 Å². The van der Waals surface area contributed by atoms with Gasteiger partial charge in [-0.3, -0.25) is 0 Å². The van der Waals surface area contributed by atoms with Crippen molar-refractivity contribution in [3.05, 3.63) is 0 Å². The van der Waals surface area contributed by atoms with Crippen LogP contribution in [0.25, 0.3) is 0 Å². The summed E-state index contributed by atoms with van der Waals surface area (Å²) in [5, 5.41) is 0. The van der Waals surface area contributed by atoms with Crippen molar-refractivity contribution in [2.24, 2.45) is 0 Å². The van der Waals surface area contributed by atoms with E-state index in [1.807, 2.05) is 0 Å². The maximum absolute atomic E-state index is 8.70. The van der Waals surface area contributed by atoms with Gasteiger partial charge in [0.15, 0.2) is 0 Å². The molecular formula is H6CaFeO4P+. The predicted octanol–water partition coefficient (Wildman–Crippen LogP) is -1.35. The third-order valence-electron chi connectivity index (χ3n) is 0. The molecule has 0 aliphatic rings. The summed E-state index contributed by atoms with van der Waals surface area (Å²) < 4.78 is 8.70. The van der Waals surface area contributed by atoms with Crippen LogP contribution >= 0.6 is 8.25 Å². The Kier molecular flexibility index (Phi) is 52.1. The van der Waals surface area contributed by atoms with Gasteiger partial charge in [0, 0.05) is 21.6 Å². The summed E-state index contributed by atoms with van der Waals surface area (Å²) >= 11 is 0. The van der Waals surface area contributed by atoms with E-state index in [4.69, 9.17) is 14.4 Å². The molecule has 0 heterocycles. The van der Waals surface area contributed by atoms with Gasteiger partial charge in [-0.25, -0.2) is 0 Å². The molecule has 0 aliphatic carbocycles. The standard InChI is InChI=1S/Ca.Fe.HO3P.H2O.2H/c;;1-4(2)3;;;/h;;(H-,1,2,3);1H2;;/q+2;;;;2*-1/p+1. The van der Waals surface area contributed by atoms with Crippen molar-refractivity contribution >= 4 is 46.0 Å². The average molecular weight is 197 g/mol. The Balaban J connectivity index is -0.00000000450. The van der Waals surface area contributed by atoms with Crippen LogP contribution in [0.15, 0.2) is 0 Å². The summed E-state index contributed by atoms with van der Waals surface area (Å²) in [4.78, 5) is 14.2. The molecule has 0 spiro atoms. The molecule has 0 bridgehead atoms. The molecule has 0 aromatic rings. The van der Waals surface area contributed by atoms with Gasteiger partial charge in [0.05, 0.1) is 0 Å². The van der Waals surface area contributed by atoms with E-state index in [0.29, 0.717) is 0 Å². The number of rotatable bonds is 0. The molecule has 7 heteroatoms. The van der Waals surface area contributed by atoms with Crippen molar-refractivity contribution in [1.29, 1.82) is 0 Å². The third kappa shape index (κ3) is 83.2. The molecule has 0 aromatic heterocycles. The minimum absolute atomic E-state index is 0. The van der Waals surface area contributed by atoms with Crippen LogP contribution in [-0.4, -0.2) is 53.0 Å². The van der Waals surface area contributed by atoms with E-state index in [1.165, 1.54) is 0 Å². The van der Waals surface area contributed by atoms with Crippen LogP contribution in [0.3, 0.4) is 0 Å². The molecule has 0 saturated heterocycles. The van der Waals surface area contributed by atoms with E-state index in [9.17, 15) is 0 Å². The zero-order valence-electron chi connectivity index (χ0n) is 5.31. The summed E-state index contributed by atoms with van der Waals surface area (Å²) in [5.74, 6) is 0. The van der Waals surface area contributed by atoms with Gasteiger partial charge in [0.25, 0.3) is 0 Å². The second-order valence-corrected chi connectivity index (χ2v) is 0.758. The minimum Gasteiger partial charge on any atom is -1.00 e. The number of hydrogen-bond acceptors (Lipinski definition) is 1. The van der Waals surface area contributed by atoms with Crippen LogP contribution in [0, 0.1) is 0 Å². The zero-order chi connectivity index (χ0) is 3.58. The van der Waals surface area contributed by atoms with Crippen LogP contribution in [0.1, 0.15) is 2.85 Å². The van der Waals surface area contributed by atoms with Gasteiger partial charge >= 0.3 is 46.0 Å². The molecule has 0 unspecified atom stereocenters. The monoisotopic (exact) mass is 197 g/mol. The molecule has 0 atom stereocenters. The Hall–Kier alpha value is 1.76. The van der Waals surface area contributed by atoms with Gasteiger partial charge in [-0.2, -0.15) is 0 Å². The molecule has 4 nitrogen and oxygen atoms in total. The van der Waals surface area contributed by atoms with Gasteiger partial charge in [0.2, 0.25) is 0 Å². The van der Waals surface area contributed by atoms with Gasteiger partial charge in [-0.05, 0) is 0 Å². The van der Waals surface area contributed by atoms with Gasteiger partial charge in [-0.15, -0.1) is 9.79 Å². The van der Waals surface area contributed by atoms with Crippen LogP contribution in [-0.2, 0) is 21.6 Å². The Morgan fingerprint density at radius 1 is 1.43 bits per heavy atom. The molecule has 7 heavy (non-hydrogen) atoms. The predicted molar refractivity (Wildman–Crippen MR) is 23.6 cm³/mol. The first-order valence-corrected chi connectivity index (χ1v) is 1.75. The van der Waals surface area contributed by atoms with Crippen molar-refractivity contribution in [1.82, 2.24) is 0 Å². The Morgan fingerprint density at radius 2 is 1.43 bits per heavy atom. The summed E-state index contributed by atoms with van der Waals surface area (Å²) in [7, 11) is -2.87. The first kappa shape index (κ1) is 23.3. The first-order valence-electron chi connectivity index (χ1n) is 0.583. The fourth-order valence-electron chi connectivity index (χ4n) is 0. The normalized spacial score (nSPS) is 3.71. The zero-order valence-corrected chi connectivity index (χ0v) is 7.52. The molecule has 44 valence electrons. The van der Waals surface area contributed by atoms with E-state index in [2.05, 4.69) is 0 Å². The maximum atomic E-state index is 8.70. The van der Waals surface area contributed by atoms with Gasteiger partial charge in [0.1, 0.15) is 0 Å². The minimum atomic E-state index is -2.87. The molecular weight excluding hydrogens is 191 g/mol. The second kappa shape index (κ2) is 15.7. The van der Waals surface area contributed by atoms with Crippen molar-refractivity contribution in [3.8, 4) is 0 Å². The largest absolute Gasteiger partial charge is 2.00 e. The van der Waals surface area contributed by atoms with E-state index >= 15 is 0 Å². The van der Waals surface area contributed by atoms with E-state index < -0.39 is 8.25 Å². The molecule has 0 saturated carbocycles. The maximum Gasteiger partial charge on any atom is 2.00 e. The molecule has 0 radical (unpaired) electrons.